The molecule has 1 aromatic carbocycles. The molecular weight excluding hydrogens is 426 g/mol. The second kappa shape index (κ2) is 7.55. The van der Waals surface area contributed by atoms with Crippen LogP contribution in [0.2, 0.25) is 0 Å². The van der Waals surface area contributed by atoms with Crippen molar-refractivity contribution in [1.82, 2.24) is 14.1 Å². The maximum atomic E-state index is 13.0. The fourth-order valence-electron chi connectivity index (χ4n) is 3.07. The topological polar surface area (TPSA) is 83.2 Å². The van der Waals surface area contributed by atoms with Gasteiger partial charge in [0.05, 0.1) is 16.6 Å². The van der Waals surface area contributed by atoms with E-state index in [4.69, 9.17) is 4.74 Å². The lowest BCUT2D eigenvalue weighted by molar-refractivity contribution is 0.0549. The van der Waals surface area contributed by atoms with Crippen molar-refractivity contribution in [2.45, 2.75) is 6.92 Å². The molecule has 2 heterocycles. The first kappa shape index (κ1) is 19.8. The highest BCUT2D eigenvalue weighted by molar-refractivity contribution is 9.10. The molecule has 0 unspecified atom stereocenters. The van der Waals surface area contributed by atoms with Gasteiger partial charge in [0.1, 0.15) is 12.3 Å². The summed E-state index contributed by atoms with van der Waals surface area (Å²) in [5, 5.41) is 0.183. The molecule has 0 amide bonds. The molecule has 0 aliphatic carbocycles. The van der Waals surface area contributed by atoms with Crippen LogP contribution in [0.4, 0.5) is 0 Å². The zero-order chi connectivity index (χ0) is 20.6. The summed E-state index contributed by atoms with van der Waals surface area (Å²) in [5.74, 6) is -0.611. The van der Waals surface area contributed by atoms with E-state index in [2.05, 4.69) is 27.5 Å². The summed E-state index contributed by atoms with van der Waals surface area (Å²) in [4.78, 5) is 42.5. The normalized spacial score (nSPS) is 10.9. The number of benzene rings is 1. The van der Waals surface area contributed by atoms with Gasteiger partial charge in [-0.2, -0.15) is 0 Å². The molecule has 3 rings (SSSR count). The summed E-state index contributed by atoms with van der Waals surface area (Å²) in [7, 11) is 2.93. The molecule has 0 aliphatic rings. The van der Waals surface area contributed by atoms with E-state index in [9.17, 15) is 14.4 Å². The lowest BCUT2D eigenvalue weighted by Crippen LogP contribution is -2.38. The minimum atomic E-state index is -0.611. The SMILES string of the molecule is C=CCOC(=O)c1c(C)nc2c(c1-c1ccc(Br)cc1)c(=O)n(C)c(=O)n2C. The molecule has 0 bridgehead atoms. The Morgan fingerprint density at radius 2 is 1.86 bits per heavy atom. The van der Waals surface area contributed by atoms with Crippen molar-refractivity contribution in [3.8, 4) is 11.1 Å². The number of carbonyl (C=O) groups excluding carboxylic acids is 1. The molecule has 8 heteroatoms. The van der Waals surface area contributed by atoms with Crippen molar-refractivity contribution in [2.75, 3.05) is 6.61 Å². The van der Waals surface area contributed by atoms with Crippen LogP contribution >= 0.6 is 15.9 Å². The standard InChI is InChI=1S/C20H18BrN3O4/c1-5-10-28-19(26)14-11(2)22-17-16(18(25)24(4)20(27)23(17)3)15(14)12-6-8-13(21)9-7-12/h5-9H,1,10H2,2-4H3. The van der Waals surface area contributed by atoms with E-state index >= 15 is 0 Å². The highest BCUT2D eigenvalue weighted by atomic mass is 79.9. The first-order chi connectivity index (χ1) is 13.3. The third-order valence-corrected chi connectivity index (χ3v) is 4.97. The van der Waals surface area contributed by atoms with Crippen LogP contribution in [0.1, 0.15) is 16.1 Å². The second-order valence-electron chi connectivity index (χ2n) is 6.25. The molecular formula is C20H18BrN3O4. The maximum absolute atomic E-state index is 13.0. The highest BCUT2D eigenvalue weighted by Crippen LogP contribution is 2.32. The summed E-state index contributed by atoms with van der Waals surface area (Å²) in [6.45, 7) is 5.22. The number of hydrogen-bond acceptors (Lipinski definition) is 5. The Hall–Kier alpha value is -3.00. The summed E-state index contributed by atoms with van der Waals surface area (Å²) in [6.07, 6.45) is 1.46. The van der Waals surface area contributed by atoms with Gasteiger partial charge in [-0.05, 0) is 24.6 Å². The molecule has 0 atom stereocenters. The van der Waals surface area contributed by atoms with Crippen LogP contribution in [-0.4, -0.2) is 26.7 Å². The van der Waals surface area contributed by atoms with Gasteiger partial charge in [-0.15, -0.1) is 0 Å². The van der Waals surface area contributed by atoms with Crippen LogP contribution in [-0.2, 0) is 18.8 Å². The fraction of sp³-hybridized carbons (Fsp3) is 0.200. The van der Waals surface area contributed by atoms with Gasteiger partial charge in [-0.1, -0.05) is 40.7 Å². The minimum Gasteiger partial charge on any atom is -0.458 e. The van der Waals surface area contributed by atoms with Crippen molar-refractivity contribution < 1.29 is 9.53 Å². The van der Waals surface area contributed by atoms with Crippen LogP contribution in [0, 0.1) is 6.92 Å². The number of aromatic nitrogens is 3. The molecule has 7 nitrogen and oxygen atoms in total. The Bertz CT molecular complexity index is 1220. The van der Waals surface area contributed by atoms with Crippen LogP contribution in [0.3, 0.4) is 0 Å². The van der Waals surface area contributed by atoms with E-state index in [0.717, 1.165) is 9.04 Å². The van der Waals surface area contributed by atoms with Crippen LogP contribution in [0.5, 0.6) is 0 Å². The first-order valence-electron chi connectivity index (χ1n) is 8.42. The van der Waals surface area contributed by atoms with Gasteiger partial charge in [-0.3, -0.25) is 13.9 Å². The number of nitrogens with zero attached hydrogens (tertiary/aromatic N) is 3. The number of rotatable bonds is 4. The number of esters is 1. The van der Waals surface area contributed by atoms with Crippen molar-refractivity contribution in [1.29, 1.82) is 0 Å². The van der Waals surface area contributed by atoms with Gasteiger partial charge in [0.25, 0.3) is 5.56 Å². The summed E-state index contributed by atoms with van der Waals surface area (Å²) in [5.41, 5.74) is 0.772. The first-order valence-corrected chi connectivity index (χ1v) is 9.21. The minimum absolute atomic E-state index is 0.0291. The van der Waals surface area contributed by atoms with Crippen molar-refractivity contribution in [2.24, 2.45) is 14.1 Å². The predicted molar refractivity (Wildman–Crippen MR) is 111 cm³/mol. The smallest absolute Gasteiger partial charge is 0.340 e. The van der Waals surface area contributed by atoms with Gasteiger partial charge in [-0.25, -0.2) is 14.6 Å². The maximum Gasteiger partial charge on any atom is 0.340 e. The molecule has 28 heavy (non-hydrogen) atoms. The van der Waals surface area contributed by atoms with Gasteiger partial charge < -0.3 is 4.74 Å². The van der Waals surface area contributed by atoms with Crippen molar-refractivity contribution in [3.63, 3.8) is 0 Å². The molecule has 0 saturated heterocycles. The lowest BCUT2D eigenvalue weighted by Gasteiger charge is -2.16. The largest absolute Gasteiger partial charge is 0.458 e. The van der Waals surface area contributed by atoms with E-state index in [0.29, 0.717) is 16.8 Å². The van der Waals surface area contributed by atoms with Gasteiger partial charge in [0.2, 0.25) is 0 Å². The quantitative estimate of drug-likeness (QED) is 0.457. The molecule has 0 fully saturated rings. The predicted octanol–water partition coefficient (Wildman–Crippen LogP) is 2.71. The molecule has 0 N–H and O–H groups in total. The van der Waals surface area contributed by atoms with E-state index in [1.54, 1.807) is 19.1 Å². The molecule has 0 aliphatic heterocycles. The second-order valence-corrected chi connectivity index (χ2v) is 7.16. The molecule has 144 valence electrons. The monoisotopic (exact) mass is 443 g/mol. The average molecular weight is 444 g/mol. The van der Waals surface area contributed by atoms with Crippen molar-refractivity contribution in [3.05, 3.63) is 73.5 Å². The van der Waals surface area contributed by atoms with E-state index in [1.807, 2.05) is 12.1 Å². The van der Waals surface area contributed by atoms with E-state index < -0.39 is 17.2 Å². The number of fused-ring (bicyclic) bond motifs is 1. The average Bonchev–Trinajstić information content (AvgIpc) is 2.68. The Kier molecular flexibility index (Phi) is 5.33. The summed E-state index contributed by atoms with van der Waals surface area (Å²) < 4.78 is 8.38. The molecule has 0 spiro atoms. The van der Waals surface area contributed by atoms with Crippen LogP contribution < -0.4 is 11.2 Å². The number of carbonyl (C=O) groups is 1. The number of aryl methyl sites for hydroxylation is 2. The lowest BCUT2D eigenvalue weighted by atomic mass is 9.96. The zero-order valence-electron chi connectivity index (χ0n) is 15.7. The summed E-state index contributed by atoms with van der Waals surface area (Å²) >= 11 is 3.38. The Labute approximate surface area is 169 Å². The van der Waals surface area contributed by atoms with Gasteiger partial charge in [0.15, 0.2) is 0 Å². The molecule has 2 aromatic heterocycles. The highest BCUT2D eigenvalue weighted by Gasteiger charge is 2.25. The number of hydrogen-bond donors (Lipinski definition) is 0. The Morgan fingerprint density at radius 3 is 2.46 bits per heavy atom. The fourth-order valence-corrected chi connectivity index (χ4v) is 3.33. The van der Waals surface area contributed by atoms with Gasteiger partial charge in [0, 0.05) is 24.1 Å². The molecule has 0 saturated carbocycles. The van der Waals surface area contributed by atoms with Crippen LogP contribution in [0.15, 0.2) is 51.0 Å². The number of ether oxygens (including phenoxy) is 1. The van der Waals surface area contributed by atoms with E-state index in [1.165, 1.54) is 24.7 Å². The van der Waals surface area contributed by atoms with Crippen LogP contribution in [0.25, 0.3) is 22.2 Å². The number of halogens is 1. The van der Waals surface area contributed by atoms with Crippen molar-refractivity contribution >= 4 is 32.9 Å². The molecule has 3 aromatic rings. The zero-order valence-corrected chi connectivity index (χ0v) is 17.2. The Balaban J connectivity index is 2.54. The number of pyridine rings is 1. The third-order valence-electron chi connectivity index (χ3n) is 4.44. The Morgan fingerprint density at radius 1 is 1.21 bits per heavy atom. The van der Waals surface area contributed by atoms with E-state index in [-0.39, 0.29) is 23.2 Å². The molecule has 0 radical (unpaired) electrons. The van der Waals surface area contributed by atoms with Gasteiger partial charge >= 0.3 is 11.7 Å². The third kappa shape index (κ3) is 3.20. The summed E-state index contributed by atoms with van der Waals surface area (Å²) in [6, 6.07) is 7.19.